The molecule has 138 valence electrons. The smallest absolute Gasteiger partial charge is 0.342 e. The van der Waals surface area contributed by atoms with Crippen molar-refractivity contribution in [2.24, 2.45) is 0 Å². The van der Waals surface area contributed by atoms with E-state index in [0.29, 0.717) is 22.1 Å². The Morgan fingerprint density at radius 2 is 1.42 bits per heavy atom. The molecule has 6 nitrogen and oxygen atoms in total. The monoisotopic (exact) mass is 378 g/mol. The number of hydrogen-bond donors (Lipinski definition) is 0. The number of halogens is 1. The Labute approximate surface area is 156 Å². The summed E-state index contributed by atoms with van der Waals surface area (Å²) < 4.78 is 20.9. The number of methoxy groups -OCH3 is 3. The summed E-state index contributed by atoms with van der Waals surface area (Å²) in [6, 6.07) is 9.31. The molecule has 0 fully saturated rings. The average Bonchev–Trinajstić information content (AvgIpc) is 2.66. The van der Waals surface area contributed by atoms with Crippen LogP contribution in [0, 0.1) is 0 Å². The second kappa shape index (κ2) is 8.58. The fourth-order valence-corrected chi connectivity index (χ4v) is 2.44. The van der Waals surface area contributed by atoms with Crippen molar-refractivity contribution >= 4 is 23.4 Å². The van der Waals surface area contributed by atoms with Gasteiger partial charge in [0.05, 0.1) is 21.3 Å². The molecule has 0 amide bonds. The van der Waals surface area contributed by atoms with E-state index >= 15 is 0 Å². The highest BCUT2D eigenvalue weighted by atomic mass is 35.5. The predicted molar refractivity (Wildman–Crippen MR) is 96.8 cm³/mol. The van der Waals surface area contributed by atoms with Gasteiger partial charge < -0.3 is 18.9 Å². The maximum Gasteiger partial charge on any atom is 0.342 e. The van der Waals surface area contributed by atoms with Gasteiger partial charge in [-0.05, 0) is 31.2 Å². The fourth-order valence-electron chi connectivity index (χ4n) is 2.32. The third kappa shape index (κ3) is 4.26. The normalized spacial score (nSPS) is 11.4. The summed E-state index contributed by atoms with van der Waals surface area (Å²) in [5, 5.41) is 0.515. The van der Waals surface area contributed by atoms with Gasteiger partial charge in [0.1, 0.15) is 11.3 Å². The number of Topliss-reactive ketones (excluding diaryl/α,β-unsaturated/α-hetero) is 1. The molecule has 2 aromatic rings. The van der Waals surface area contributed by atoms with E-state index < -0.39 is 12.1 Å². The highest BCUT2D eigenvalue weighted by Gasteiger charge is 2.24. The maximum atomic E-state index is 12.5. The van der Waals surface area contributed by atoms with Gasteiger partial charge in [0.25, 0.3) is 0 Å². The van der Waals surface area contributed by atoms with Crippen molar-refractivity contribution in [3.8, 4) is 17.2 Å². The minimum atomic E-state index is -0.985. The van der Waals surface area contributed by atoms with Crippen LogP contribution in [0.3, 0.4) is 0 Å². The molecule has 0 heterocycles. The van der Waals surface area contributed by atoms with E-state index in [1.54, 1.807) is 24.3 Å². The minimum Gasteiger partial charge on any atom is -0.496 e. The van der Waals surface area contributed by atoms with Crippen LogP contribution in [0.4, 0.5) is 0 Å². The molecule has 0 aliphatic rings. The van der Waals surface area contributed by atoms with E-state index in [9.17, 15) is 9.59 Å². The van der Waals surface area contributed by atoms with Crippen molar-refractivity contribution < 1.29 is 28.5 Å². The summed E-state index contributed by atoms with van der Waals surface area (Å²) >= 11 is 5.81. The minimum absolute atomic E-state index is 0.126. The Morgan fingerprint density at radius 1 is 0.885 bits per heavy atom. The molecule has 0 saturated heterocycles. The average molecular weight is 379 g/mol. The van der Waals surface area contributed by atoms with Crippen LogP contribution in [-0.4, -0.2) is 39.2 Å². The lowest BCUT2D eigenvalue weighted by Crippen LogP contribution is -2.24. The molecule has 0 saturated carbocycles. The molecule has 2 aromatic carbocycles. The van der Waals surface area contributed by atoms with Crippen LogP contribution in [0.25, 0.3) is 0 Å². The zero-order valence-electron chi connectivity index (χ0n) is 14.9. The van der Waals surface area contributed by atoms with E-state index in [0.717, 1.165) is 0 Å². The maximum absolute atomic E-state index is 12.5. The number of carbonyl (C=O) groups is 2. The molecule has 0 aliphatic heterocycles. The standard InChI is InChI=1S/C19H19ClO6/c1-11(18(21)12-5-7-13(20)8-6-12)26-19(22)14-9-16(24-3)17(25-4)10-15(14)23-2/h5-11H,1-4H3/t11-/m0/s1. The van der Waals surface area contributed by atoms with Crippen LogP contribution in [0.1, 0.15) is 27.6 Å². The number of ether oxygens (including phenoxy) is 4. The topological polar surface area (TPSA) is 71.1 Å². The van der Waals surface area contributed by atoms with Gasteiger partial charge in [0, 0.05) is 22.7 Å². The van der Waals surface area contributed by atoms with Crippen LogP contribution < -0.4 is 14.2 Å². The second-order valence-corrected chi connectivity index (χ2v) is 5.76. The van der Waals surface area contributed by atoms with E-state index in [4.69, 9.17) is 30.5 Å². The first-order valence-electron chi connectivity index (χ1n) is 7.72. The van der Waals surface area contributed by atoms with Gasteiger partial charge in [0.2, 0.25) is 5.78 Å². The highest BCUT2D eigenvalue weighted by molar-refractivity contribution is 6.30. The Kier molecular flexibility index (Phi) is 6.46. The molecule has 0 radical (unpaired) electrons. The largest absolute Gasteiger partial charge is 0.496 e. The molecule has 26 heavy (non-hydrogen) atoms. The van der Waals surface area contributed by atoms with Crippen LogP contribution >= 0.6 is 11.6 Å². The summed E-state index contributed by atoms with van der Waals surface area (Å²) in [6.07, 6.45) is -0.985. The molecule has 7 heteroatoms. The van der Waals surface area contributed by atoms with Gasteiger partial charge in [-0.25, -0.2) is 4.79 Å². The molecule has 0 aromatic heterocycles. The van der Waals surface area contributed by atoms with Crippen molar-refractivity contribution in [3.63, 3.8) is 0 Å². The highest BCUT2D eigenvalue weighted by Crippen LogP contribution is 2.35. The van der Waals surface area contributed by atoms with Crippen LogP contribution in [-0.2, 0) is 4.74 Å². The molecule has 0 unspecified atom stereocenters. The molecule has 1 atom stereocenters. The third-order valence-corrected chi connectivity index (χ3v) is 3.96. The fraction of sp³-hybridized carbons (Fsp3) is 0.263. The molecular weight excluding hydrogens is 360 g/mol. The van der Waals surface area contributed by atoms with Gasteiger partial charge in [-0.2, -0.15) is 0 Å². The Hall–Kier alpha value is -2.73. The number of benzene rings is 2. The first-order valence-corrected chi connectivity index (χ1v) is 8.09. The zero-order valence-corrected chi connectivity index (χ0v) is 15.6. The summed E-state index contributed by atoms with van der Waals surface area (Å²) in [7, 11) is 4.34. The van der Waals surface area contributed by atoms with E-state index in [-0.39, 0.29) is 17.1 Å². The summed E-state index contributed by atoms with van der Waals surface area (Å²) in [4.78, 5) is 24.9. The number of ketones is 1. The number of hydrogen-bond acceptors (Lipinski definition) is 6. The van der Waals surface area contributed by atoms with Crippen molar-refractivity contribution in [3.05, 3.63) is 52.5 Å². The Bertz CT molecular complexity index is 800. The lowest BCUT2D eigenvalue weighted by atomic mass is 10.1. The lowest BCUT2D eigenvalue weighted by Gasteiger charge is -2.16. The lowest BCUT2D eigenvalue weighted by molar-refractivity contribution is 0.0315. The van der Waals surface area contributed by atoms with Crippen molar-refractivity contribution in [1.29, 1.82) is 0 Å². The van der Waals surface area contributed by atoms with Crippen molar-refractivity contribution in [2.75, 3.05) is 21.3 Å². The first-order chi connectivity index (χ1) is 12.4. The van der Waals surface area contributed by atoms with E-state index in [1.165, 1.54) is 40.4 Å². The number of rotatable bonds is 7. The SMILES string of the molecule is COc1cc(OC)c(C(=O)O[C@@H](C)C(=O)c2ccc(Cl)cc2)cc1OC. The van der Waals surface area contributed by atoms with Crippen LogP contribution in [0.15, 0.2) is 36.4 Å². The van der Waals surface area contributed by atoms with E-state index in [2.05, 4.69) is 0 Å². The second-order valence-electron chi connectivity index (χ2n) is 5.33. The third-order valence-electron chi connectivity index (χ3n) is 3.71. The van der Waals surface area contributed by atoms with Gasteiger partial charge >= 0.3 is 5.97 Å². The van der Waals surface area contributed by atoms with Gasteiger partial charge in [0.15, 0.2) is 17.6 Å². The van der Waals surface area contributed by atoms with Crippen LogP contribution in [0.2, 0.25) is 5.02 Å². The number of carbonyl (C=O) groups excluding carboxylic acids is 2. The summed E-state index contributed by atoms with van der Waals surface area (Å²) in [5.41, 5.74) is 0.523. The molecular formula is C19H19ClO6. The van der Waals surface area contributed by atoms with Crippen molar-refractivity contribution in [1.82, 2.24) is 0 Å². The van der Waals surface area contributed by atoms with Crippen LogP contribution in [0.5, 0.6) is 17.2 Å². The number of esters is 1. The Balaban J connectivity index is 2.23. The summed E-state index contributed by atoms with van der Waals surface area (Å²) in [6.45, 7) is 1.50. The quantitative estimate of drug-likeness (QED) is 0.539. The van der Waals surface area contributed by atoms with E-state index in [1.807, 2.05) is 0 Å². The van der Waals surface area contributed by atoms with Crippen molar-refractivity contribution in [2.45, 2.75) is 13.0 Å². The zero-order chi connectivity index (χ0) is 19.3. The molecule has 0 spiro atoms. The predicted octanol–water partition coefficient (Wildman–Crippen LogP) is 3.79. The Morgan fingerprint density at radius 3 is 1.96 bits per heavy atom. The molecule has 0 N–H and O–H groups in total. The van der Waals surface area contributed by atoms with Gasteiger partial charge in [-0.1, -0.05) is 11.6 Å². The van der Waals surface area contributed by atoms with Gasteiger partial charge in [-0.3, -0.25) is 4.79 Å². The molecule has 0 bridgehead atoms. The molecule has 2 rings (SSSR count). The molecule has 0 aliphatic carbocycles. The summed E-state index contributed by atoms with van der Waals surface area (Å²) in [5.74, 6) is -0.0472. The first kappa shape index (κ1) is 19.6. The van der Waals surface area contributed by atoms with Gasteiger partial charge in [-0.15, -0.1) is 0 Å².